The van der Waals surface area contributed by atoms with Crippen LogP contribution in [-0.4, -0.2) is 35.2 Å². The van der Waals surface area contributed by atoms with Crippen molar-refractivity contribution in [3.8, 4) is 0 Å². The van der Waals surface area contributed by atoms with E-state index in [9.17, 15) is 0 Å². The number of hydrogen-bond acceptors (Lipinski definition) is 6. The molecule has 0 spiro atoms. The Morgan fingerprint density at radius 2 is 2.10 bits per heavy atom. The van der Waals surface area contributed by atoms with Crippen LogP contribution >= 0.6 is 0 Å². The summed E-state index contributed by atoms with van der Waals surface area (Å²) < 4.78 is 5.00. The minimum absolute atomic E-state index is 0.593. The molecule has 0 saturated carbocycles. The van der Waals surface area contributed by atoms with E-state index in [1.54, 1.807) is 13.3 Å². The number of hydrogen-bond donors (Lipinski definition) is 2. The first-order valence-electron chi connectivity index (χ1n) is 6.50. The zero-order valence-corrected chi connectivity index (χ0v) is 11.8. The molecule has 0 bridgehead atoms. The van der Waals surface area contributed by atoms with Gasteiger partial charge >= 0.3 is 0 Å². The summed E-state index contributed by atoms with van der Waals surface area (Å²) in [6.45, 7) is 3.89. The van der Waals surface area contributed by atoms with Crippen LogP contribution in [0, 0.1) is 6.92 Å². The normalized spacial score (nSPS) is 10.3. The van der Waals surface area contributed by atoms with Crippen molar-refractivity contribution in [1.29, 1.82) is 0 Å². The quantitative estimate of drug-likeness (QED) is 0.750. The van der Waals surface area contributed by atoms with Gasteiger partial charge in [0.1, 0.15) is 5.82 Å². The third kappa shape index (κ3) is 4.47. The second-order valence-corrected chi connectivity index (χ2v) is 4.31. The predicted molar refractivity (Wildman–Crippen MR) is 78.7 cm³/mol. The fourth-order valence-electron chi connectivity index (χ4n) is 1.69. The molecular formula is C14H19N5O. The molecule has 6 heteroatoms. The molecule has 2 aromatic heterocycles. The van der Waals surface area contributed by atoms with Crippen LogP contribution in [0.2, 0.25) is 0 Å². The van der Waals surface area contributed by atoms with Gasteiger partial charge in [0.15, 0.2) is 0 Å². The van der Waals surface area contributed by atoms with Crippen molar-refractivity contribution in [3.63, 3.8) is 0 Å². The maximum Gasteiger partial charge on any atom is 0.225 e. The zero-order valence-electron chi connectivity index (χ0n) is 11.8. The number of aryl methyl sites for hydroxylation is 1. The Hall–Kier alpha value is -2.21. The van der Waals surface area contributed by atoms with Gasteiger partial charge in [0, 0.05) is 31.6 Å². The molecule has 0 fully saturated rings. The summed E-state index contributed by atoms with van der Waals surface area (Å²) in [5.74, 6) is 1.38. The van der Waals surface area contributed by atoms with Gasteiger partial charge in [-0.25, -0.2) is 4.98 Å². The second-order valence-electron chi connectivity index (χ2n) is 4.31. The Morgan fingerprint density at radius 3 is 2.85 bits per heavy atom. The molecular weight excluding hydrogens is 254 g/mol. The second kappa shape index (κ2) is 7.40. The minimum Gasteiger partial charge on any atom is -0.383 e. The van der Waals surface area contributed by atoms with Gasteiger partial charge in [-0.2, -0.15) is 4.98 Å². The highest BCUT2D eigenvalue weighted by atomic mass is 16.5. The summed E-state index contributed by atoms with van der Waals surface area (Å²) in [6.07, 6.45) is 1.77. The number of rotatable bonds is 7. The number of nitrogens with one attached hydrogen (secondary N) is 2. The number of pyridine rings is 1. The molecule has 2 rings (SSSR count). The van der Waals surface area contributed by atoms with E-state index in [0.717, 1.165) is 17.2 Å². The highest BCUT2D eigenvalue weighted by Crippen LogP contribution is 2.10. The van der Waals surface area contributed by atoms with Gasteiger partial charge < -0.3 is 15.4 Å². The summed E-state index contributed by atoms with van der Waals surface area (Å²) in [5.41, 5.74) is 1.86. The molecule has 0 amide bonds. The predicted octanol–water partition coefficient (Wildman–Crippen LogP) is 1.85. The molecule has 0 unspecified atom stereocenters. The van der Waals surface area contributed by atoms with Crippen molar-refractivity contribution in [2.45, 2.75) is 13.5 Å². The van der Waals surface area contributed by atoms with Crippen molar-refractivity contribution >= 4 is 11.8 Å². The van der Waals surface area contributed by atoms with E-state index in [-0.39, 0.29) is 0 Å². The average molecular weight is 273 g/mol. The molecule has 0 atom stereocenters. The van der Waals surface area contributed by atoms with Crippen molar-refractivity contribution in [3.05, 3.63) is 41.9 Å². The van der Waals surface area contributed by atoms with Crippen LogP contribution in [0.1, 0.15) is 11.4 Å². The van der Waals surface area contributed by atoms with Crippen LogP contribution in [0.5, 0.6) is 0 Å². The summed E-state index contributed by atoms with van der Waals surface area (Å²) in [6, 6.07) is 7.71. The molecule has 0 aliphatic rings. The Kier molecular flexibility index (Phi) is 5.25. The number of methoxy groups -OCH3 is 1. The largest absolute Gasteiger partial charge is 0.383 e. The molecule has 20 heavy (non-hydrogen) atoms. The van der Waals surface area contributed by atoms with Crippen LogP contribution in [-0.2, 0) is 11.3 Å². The fourth-order valence-corrected chi connectivity index (χ4v) is 1.69. The van der Waals surface area contributed by atoms with Crippen molar-refractivity contribution in [1.82, 2.24) is 15.0 Å². The number of ether oxygens (including phenoxy) is 1. The Balaban J connectivity index is 1.97. The summed E-state index contributed by atoms with van der Waals surface area (Å²) in [5, 5.41) is 6.37. The van der Waals surface area contributed by atoms with E-state index in [0.29, 0.717) is 25.6 Å². The van der Waals surface area contributed by atoms with Gasteiger partial charge in [-0.05, 0) is 19.1 Å². The summed E-state index contributed by atoms with van der Waals surface area (Å²) in [7, 11) is 1.67. The van der Waals surface area contributed by atoms with Gasteiger partial charge in [0.05, 0.1) is 18.8 Å². The molecule has 0 aliphatic heterocycles. The smallest absolute Gasteiger partial charge is 0.225 e. The molecule has 2 aromatic rings. The molecule has 106 valence electrons. The van der Waals surface area contributed by atoms with Crippen molar-refractivity contribution in [2.24, 2.45) is 0 Å². The zero-order chi connectivity index (χ0) is 14.2. The monoisotopic (exact) mass is 273 g/mol. The first-order chi connectivity index (χ1) is 9.78. The first-order valence-corrected chi connectivity index (χ1v) is 6.50. The van der Waals surface area contributed by atoms with Crippen molar-refractivity contribution in [2.75, 3.05) is 30.9 Å². The lowest BCUT2D eigenvalue weighted by atomic mass is 10.3. The summed E-state index contributed by atoms with van der Waals surface area (Å²) >= 11 is 0. The number of aromatic nitrogens is 3. The Bertz CT molecular complexity index is 532. The van der Waals surface area contributed by atoms with Gasteiger partial charge in [-0.15, -0.1) is 0 Å². The lowest BCUT2D eigenvalue weighted by molar-refractivity contribution is 0.210. The van der Waals surface area contributed by atoms with Crippen LogP contribution < -0.4 is 10.6 Å². The van der Waals surface area contributed by atoms with E-state index >= 15 is 0 Å². The molecule has 2 heterocycles. The van der Waals surface area contributed by atoms with E-state index in [4.69, 9.17) is 4.74 Å². The van der Waals surface area contributed by atoms with Gasteiger partial charge in [-0.3, -0.25) is 4.98 Å². The minimum atomic E-state index is 0.593. The molecule has 6 nitrogen and oxygen atoms in total. The SMILES string of the molecule is COCCNc1cc(C)nc(NCc2ccccn2)n1. The van der Waals surface area contributed by atoms with Crippen LogP contribution in [0.3, 0.4) is 0 Å². The Morgan fingerprint density at radius 1 is 1.20 bits per heavy atom. The first kappa shape index (κ1) is 14.2. The third-order valence-corrected chi connectivity index (χ3v) is 2.62. The van der Waals surface area contributed by atoms with Crippen molar-refractivity contribution < 1.29 is 4.74 Å². The fraction of sp³-hybridized carbons (Fsp3) is 0.357. The molecule has 0 saturated heterocycles. The average Bonchev–Trinajstić information content (AvgIpc) is 2.46. The van der Waals surface area contributed by atoms with Gasteiger partial charge in [0.25, 0.3) is 0 Å². The molecule has 0 radical (unpaired) electrons. The highest BCUT2D eigenvalue weighted by molar-refractivity contribution is 5.42. The van der Waals surface area contributed by atoms with E-state index in [2.05, 4.69) is 25.6 Å². The molecule has 0 aromatic carbocycles. The van der Waals surface area contributed by atoms with Crippen LogP contribution in [0.15, 0.2) is 30.5 Å². The van der Waals surface area contributed by atoms with E-state index in [1.807, 2.05) is 31.2 Å². The van der Waals surface area contributed by atoms with Gasteiger partial charge in [0.2, 0.25) is 5.95 Å². The van der Waals surface area contributed by atoms with E-state index in [1.165, 1.54) is 0 Å². The van der Waals surface area contributed by atoms with Crippen LogP contribution in [0.25, 0.3) is 0 Å². The maximum atomic E-state index is 5.00. The molecule has 2 N–H and O–H groups in total. The molecule has 0 aliphatic carbocycles. The number of nitrogens with zero attached hydrogens (tertiary/aromatic N) is 3. The Labute approximate surface area is 118 Å². The summed E-state index contributed by atoms with van der Waals surface area (Å²) in [4.78, 5) is 13.0. The third-order valence-electron chi connectivity index (χ3n) is 2.62. The lowest BCUT2D eigenvalue weighted by Crippen LogP contribution is -2.11. The topological polar surface area (TPSA) is 72.0 Å². The van der Waals surface area contributed by atoms with Crippen LogP contribution in [0.4, 0.5) is 11.8 Å². The lowest BCUT2D eigenvalue weighted by Gasteiger charge is -2.09. The number of anilines is 2. The standard InChI is InChI=1S/C14H19N5O/c1-11-9-13(16-7-8-20-2)19-14(18-11)17-10-12-5-3-4-6-15-12/h3-6,9H,7-8,10H2,1-2H3,(H2,16,17,18,19). The highest BCUT2D eigenvalue weighted by Gasteiger charge is 2.02. The maximum absolute atomic E-state index is 5.00. The van der Waals surface area contributed by atoms with Gasteiger partial charge in [-0.1, -0.05) is 6.07 Å². The van der Waals surface area contributed by atoms with E-state index < -0.39 is 0 Å².